The van der Waals surface area contributed by atoms with Crippen LogP contribution in [-0.2, 0) is 0 Å². The lowest BCUT2D eigenvalue weighted by atomic mass is 10.2. The molecule has 0 aliphatic carbocycles. The standard InChI is InChI=1S/C11H13N3/c1-7-8(2)14-11(13-7)9-4-3-5-10(12)6-9/h3-6H,12H2,1-2H3,(H,13,14). The van der Waals surface area contributed by atoms with Crippen molar-refractivity contribution in [1.29, 1.82) is 0 Å². The first-order chi connectivity index (χ1) is 6.66. The number of nitrogens with two attached hydrogens (primary N) is 1. The molecule has 0 radical (unpaired) electrons. The van der Waals surface area contributed by atoms with Crippen molar-refractivity contribution in [2.24, 2.45) is 0 Å². The summed E-state index contributed by atoms with van der Waals surface area (Å²) in [5.74, 6) is 0.882. The minimum atomic E-state index is 0.759. The van der Waals surface area contributed by atoms with Gasteiger partial charge in [0.05, 0.1) is 5.69 Å². The van der Waals surface area contributed by atoms with Gasteiger partial charge in [-0.05, 0) is 26.0 Å². The number of nitrogen functional groups attached to an aromatic ring is 1. The monoisotopic (exact) mass is 187 g/mol. The molecule has 1 aromatic heterocycles. The average Bonchev–Trinajstić information content (AvgIpc) is 2.47. The van der Waals surface area contributed by atoms with Gasteiger partial charge in [-0.15, -0.1) is 0 Å². The Kier molecular flexibility index (Phi) is 2.00. The molecular weight excluding hydrogens is 174 g/mol. The lowest BCUT2D eigenvalue weighted by Gasteiger charge is -1.97. The van der Waals surface area contributed by atoms with Gasteiger partial charge in [-0.2, -0.15) is 0 Å². The van der Waals surface area contributed by atoms with Crippen LogP contribution >= 0.6 is 0 Å². The van der Waals surface area contributed by atoms with Gasteiger partial charge in [-0.25, -0.2) is 4.98 Å². The Morgan fingerprint density at radius 2 is 2.07 bits per heavy atom. The van der Waals surface area contributed by atoms with Crippen molar-refractivity contribution < 1.29 is 0 Å². The Morgan fingerprint density at radius 3 is 2.64 bits per heavy atom. The SMILES string of the molecule is Cc1nc(-c2cccc(N)c2)[nH]c1C. The summed E-state index contributed by atoms with van der Waals surface area (Å²) in [6.07, 6.45) is 0. The van der Waals surface area contributed by atoms with Crippen LogP contribution in [-0.4, -0.2) is 9.97 Å². The molecule has 3 N–H and O–H groups in total. The summed E-state index contributed by atoms with van der Waals surface area (Å²) in [5, 5.41) is 0. The summed E-state index contributed by atoms with van der Waals surface area (Å²) >= 11 is 0. The third kappa shape index (κ3) is 1.48. The predicted molar refractivity (Wildman–Crippen MR) is 57.9 cm³/mol. The van der Waals surface area contributed by atoms with Crippen LogP contribution in [0.2, 0.25) is 0 Å². The second-order valence-corrected chi connectivity index (χ2v) is 3.42. The highest BCUT2D eigenvalue weighted by atomic mass is 14.9. The summed E-state index contributed by atoms with van der Waals surface area (Å²) in [6.45, 7) is 4.00. The van der Waals surface area contributed by atoms with E-state index >= 15 is 0 Å². The van der Waals surface area contributed by atoms with Crippen LogP contribution in [0.3, 0.4) is 0 Å². The van der Waals surface area contributed by atoms with Gasteiger partial charge in [0.25, 0.3) is 0 Å². The molecule has 0 fully saturated rings. The van der Waals surface area contributed by atoms with Gasteiger partial charge in [-0.1, -0.05) is 12.1 Å². The number of imidazole rings is 1. The molecule has 0 saturated heterocycles. The second kappa shape index (κ2) is 3.18. The summed E-state index contributed by atoms with van der Waals surface area (Å²) in [6, 6.07) is 7.70. The highest BCUT2D eigenvalue weighted by Gasteiger charge is 2.04. The number of benzene rings is 1. The molecule has 1 aromatic carbocycles. The van der Waals surface area contributed by atoms with Crippen molar-refractivity contribution in [3.05, 3.63) is 35.7 Å². The molecule has 2 aromatic rings. The fourth-order valence-corrected chi connectivity index (χ4v) is 1.37. The third-order valence-electron chi connectivity index (χ3n) is 2.29. The van der Waals surface area contributed by atoms with Crippen LogP contribution in [0.1, 0.15) is 11.4 Å². The first kappa shape index (κ1) is 8.81. The molecule has 0 bridgehead atoms. The van der Waals surface area contributed by atoms with Gasteiger partial charge in [0.15, 0.2) is 0 Å². The summed E-state index contributed by atoms with van der Waals surface area (Å²) in [7, 11) is 0. The fourth-order valence-electron chi connectivity index (χ4n) is 1.37. The molecule has 1 heterocycles. The van der Waals surface area contributed by atoms with Crippen LogP contribution in [0.25, 0.3) is 11.4 Å². The van der Waals surface area contributed by atoms with Gasteiger partial charge in [0, 0.05) is 16.9 Å². The number of aromatic amines is 1. The minimum Gasteiger partial charge on any atom is -0.399 e. The highest BCUT2D eigenvalue weighted by Crippen LogP contribution is 2.19. The number of nitrogens with zero attached hydrogens (tertiary/aromatic N) is 1. The number of anilines is 1. The largest absolute Gasteiger partial charge is 0.399 e. The topological polar surface area (TPSA) is 54.7 Å². The van der Waals surface area contributed by atoms with E-state index in [1.165, 1.54) is 0 Å². The van der Waals surface area contributed by atoms with Crippen LogP contribution < -0.4 is 5.73 Å². The van der Waals surface area contributed by atoms with Crippen LogP contribution in [0, 0.1) is 13.8 Å². The average molecular weight is 187 g/mol. The Morgan fingerprint density at radius 1 is 1.29 bits per heavy atom. The van der Waals surface area contributed by atoms with Crippen molar-refractivity contribution in [3.63, 3.8) is 0 Å². The number of nitrogens with one attached hydrogen (secondary N) is 1. The molecule has 72 valence electrons. The molecule has 2 rings (SSSR count). The van der Waals surface area contributed by atoms with E-state index in [-0.39, 0.29) is 0 Å². The van der Waals surface area contributed by atoms with Gasteiger partial charge in [0.1, 0.15) is 5.82 Å². The zero-order valence-electron chi connectivity index (χ0n) is 8.33. The lowest BCUT2D eigenvalue weighted by Crippen LogP contribution is -1.86. The molecule has 3 heteroatoms. The molecule has 0 spiro atoms. The van der Waals surface area contributed by atoms with E-state index in [1.807, 2.05) is 38.1 Å². The Balaban J connectivity index is 2.49. The van der Waals surface area contributed by atoms with E-state index in [2.05, 4.69) is 9.97 Å². The van der Waals surface area contributed by atoms with Crippen molar-refractivity contribution >= 4 is 5.69 Å². The van der Waals surface area contributed by atoms with E-state index in [4.69, 9.17) is 5.73 Å². The van der Waals surface area contributed by atoms with Gasteiger partial charge in [-0.3, -0.25) is 0 Å². The molecule has 0 unspecified atom stereocenters. The number of rotatable bonds is 1. The molecule has 0 aliphatic rings. The van der Waals surface area contributed by atoms with Crippen molar-refractivity contribution in [3.8, 4) is 11.4 Å². The van der Waals surface area contributed by atoms with Crippen LogP contribution in [0.4, 0.5) is 5.69 Å². The van der Waals surface area contributed by atoms with Crippen LogP contribution in [0.15, 0.2) is 24.3 Å². The first-order valence-corrected chi connectivity index (χ1v) is 4.56. The zero-order chi connectivity index (χ0) is 10.1. The number of aryl methyl sites for hydroxylation is 2. The highest BCUT2D eigenvalue weighted by molar-refractivity contribution is 5.61. The van der Waals surface area contributed by atoms with E-state index in [0.717, 1.165) is 28.5 Å². The Hall–Kier alpha value is -1.77. The maximum atomic E-state index is 5.70. The molecule has 3 nitrogen and oxygen atoms in total. The molecule has 0 aliphatic heterocycles. The maximum absolute atomic E-state index is 5.70. The molecular formula is C11H13N3. The van der Waals surface area contributed by atoms with E-state index < -0.39 is 0 Å². The number of aromatic nitrogens is 2. The van der Waals surface area contributed by atoms with E-state index in [0.29, 0.717) is 0 Å². The number of H-pyrrole nitrogens is 1. The van der Waals surface area contributed by atoms with Crippen molar-refractivity contribution in [2.75, 3.05) is 5.73 Å². The summed E-state index contributed by atoms with van der Waals surface area (Å²) in [5.41, 5.74) is 9.62. The smallest absolute Gasteiger partial charge is 0.137 e. The number of hydrogen-bond acceptors (Lipinski definition) is 2. The van der Waals surface area contributed by atoms with E-state index in [9.17, 15) is 0 Å². The lowest BCUT2D eigenvalue weighted by molar-refractivity contribution is 1.22. The van der Waals surface area contributed by atoms with Gasteiger partial charge in [0.2, 0.25) is 0 Å². The summed E-state index contributed by atoms with van der Waals surface area (Å²) in [4.78, 5) is 7.63. The Labute approximate surface area is 83.0 Å². The van der Waals surface area contributed by atoms with Crippen molar-refractivity contribution in [2.45, 2.75) is 13.8 Å². The number of hydrogen-bond donors (Lipinski definition) is 2. The van der Waals surface area contributed by atoms with Gasteiger partial charge < -0.3 is 10.7 Å². The molecule has 0 atom stereocenters. The predicted octanol–water partition coefficient (Wildman–Crippen LogP) is 2.28. The summed E-state index contributed by atoms with van der Waals surface area (Å²) < 4.78 is 0. The van der Waals surface area contributed by atoms with Crippen LogP contribution in [0.5, 0.6) is 0 Å². The quantitative estimate of drug-likeness (QED) is 0.673. The molecule has 0 amide bonds. The third-order valence-corrected chi connectivity index (χ3v) is 2.29. The van der Waals surface area contributed by atoms with Gasteiger partial charge >= 0.3 is 0 Å². The first-order valence-electron chi connectivity index (χ1n) is 4.56. The normalized spacial score (nSPS) is 10.4. The molecule has 0 saturated carbocycles. The van der Waals surface area contributed by atoms with Crippen molar-refractivity contribution in [1.82, 2.24) is 9.97 Å². The second-order valence-electron chi connectivity index (χ2n) is 3.42. The maximum Gasteiger partial charge on any atom is 0.137 e. The fraction of sp³-hybridized carbons (Fsp3) is 0.182. The molecule has 14 heavy (non-hydrogen) atoms. The zero-order valence-corrected chi connectivity index (χ0v) is 8.33. The van der Waals surface area contributed by atoms with E-state index in [1.54, 1.807) is 0 Å². The Bertz CT molecular complexity index is 438. The minimum absolute atomic E-state index is 0.759.